The average Bonchev–Trinajstić information content (AvgIpc) is 3.26. The molecule has 0 bridgehead atoms. The van der Waals surface area contributed by atoms with Crippen LogP contribution in [0.25, 0.3) is 21.7 Å². The second-order valence-corrected chi connectivity index (χ2v) is 8.16. The maximum atomic E-state index is 12.8. The number of phenolic OH excluding ortho intramolecular Hbond substituents is 1. The van der Waals surface area contributed by atoms with Crippen molar-refractivity contribution in [2.24, 2.45) is 0 Å². The van der Waals surface area contributed by atoms with Gasteiger partial charge in [-0.2, -0.15) is 0 Å². The summed E-state index contributed by atoms with van der Waals surface area (Å²) in [6.07, 6.45) is 4.85. The van der Waals surface area contributed by atoms with Crippen molar-refractivity contribution in [1.29, 1.82) is 0 Å². The molecule has 0 aliphatic rings. The molecule has 1 atom stereocenters. The Labute approximate surface area is 192 Å². The van der Waals surface area contributed by atoms with Crippen molar-refractivity contribution in [2.75, 3.05) is 19.7 Å². The van der Waals surface area contributed by atoms with Gasteiger partial charge >= 0.3 is 5.97 Å². The van der Waals surface area contributed by atoms with Crippen molar-refractivity contribution < 1.29 is 19.1 Å². The van der Waals surface area contributed by atoms with E-state index in [2.05, 4.69) is 29.5 Å². The van der Waals surface area contributed by atoms with Crippen LogP contribution < -0.4 is 10.6 Å². The minimum atomic E-state index is -0.484. The maximum absolute atomic E-state index is 12.8. The number of pyridine rings is 1. The zero-order valence-corrected chi connectivity index (χ0v) is 19.1. The third-order valence-electron chi connectivity index (χ3n) is 5.59. The van der Waals surface area contributed by atoms with E-state index in [9.17, 15) is 9.90 Å². The number of carbonyl (C=O) groups is 1. The zero-order valence-electron chi connectivity index (χ0n) is 19.1. The Morgan fingerprint density at radius 1 is 1.09 bits per heavy atom. The minimum Gasteiger partial charge on any atom is -0.507 e. The highest BCUT2D eigenvalue weighted by atomic mass is 16.5. The zero-order chi connectivity index (χ0) is 23.4. The number of ether oxygens (including phenoxy) is 1. The van der Waals surface area contributed by atoms with Gasteiger partial charge in [0.1, 0.15) is 23.2 Å². The Morgan fingerprint density at radius 3 is 2.48 bits per heavy atom. The van der Waals surface area contributed by atoms with Gasteiger partial charge in [0.05, 0.1) is 12.6 Å². The molecule has 0 saturated heterocycles. The summed E-state index contributed by atoms with van der Waals surface area (Å²) in [5.41, 5.74) is 2.33. The molecule has 4 rings (SSSR count). The number of aromatic hydroxyl groups is 1. The Bertz CT molecular complexity index is 1250. The van der Waals surface area contributed by atoms with E-state index in [0.717, 1.165) is 17.5 Å². The predicted molar refractivity (Wildman–Crippen MR) is 129 cm³/mol. The van der Waals surface area contributed by atoms with E-state index in [0.29, 0.717) is 40.1 Å². The monoisotopic (exact) mass is 447 g/mol. The summed E-state index contributed by atoms with van der Waals surface area (Å²) in [4.78, 5) is 17.0. The van der Waals surface area contributed by atoms with Crippen LogP contribution in [0.3, 0.4) is 0 Å². The molecule has 2 aromatic heterocycles. The third kappa shape index (κ3) is 4.55. The van der Waals surface area contributed by atoms with Crippen LogP contribution in [0.4, 0.5) is 0 Å². The lowest BCUT2D eigenvalue weighted by atomic mass is 9.90. The molecule has 0 amide bonds. The number of nitrogens with zero attached hydrogens (tertiary/aromatic N) is 1. The number of furan rings is 1. The van der Waals surface area contributed by atoms with Gasteiger partial charge in [0, 0.05) is 53.2 Å². The quantitative estimate of drug-likeness (QED) is 0.256. The summed E-state index contributed by atoms with van der Waals surface area (Å²) < 4.78 is 11.2. The third-order valence-corrected chi connectivity index (χ3v) is 5.59. The number of rotatable bonds is 9. The smallest absolute Gasteiger partial charge is 0.342 e. The van der Waals surface area contributed by atoms with Crippen molar-refractivity contribution in [3.05, 3.63) is 71.7 Å². The van der Waals surface area contributed by atoms with E-state index in [1.807, 2.05) is 36.4 Å². The SMILES string of the molecule is CCOC(=O)c1coc2c1c(C(NCCNC(C)C)c1ccncc1)c(O)c1ccccc12. The van der Waals surface area contributed by atoms with Gasteiger partial charge in [-0.05, 0) is 24.6 Å². The molecule has 0 spiro atoms. The molecule has 7 heteroatoms. The van der Waals surface area contributed by atoms with Crippen molar-refractivity contribution in [1.82, 2.24) is 15.6 Å². The van der Waals surface area contributed by atoms with Gasteiger partial charge in [0.15, 0.2) is 0 Å². The van der Waals surface area contributed by atoms with E-state index in [1.54, 1.807) is 19.3 Å². The van der Waals surface area contributed by atoms with Gasteiger partial charge in [0.25, 0.3) is 0 Å². The first-order valence-corrected chi connectivity index (χ1v) is 11.2. The number of fused-ring (bicyclic) bond motifs is 3. The standard InChI is InChI=1S/C26H29N3O4/c1-4-32-26(31)20-15-33-25-19-8-6-5-7-18(19)24(30)22(21(20)25)23(17-9-11-27-12-10-17)29-14-13-28-16(2)3/h5-12,15-16,23,28-30H,4,13-14H2,1-3H3. The maximum Gasteiger partial charge on any atom is 0.342 e. The van der Waals surface area contributed by atoms with Gasteiger partial charge in [-0.3, -0.25) is 4.98 Å². The van der Waals surface area contributed by atoms with Crippen molar-refractivity contribution >= 4 is 27.7 Å². The minimum absolute atomic E-state index is 0.108. The summed E-state index contributed by atoms with van der Waals surface area (Å²) in [6.45, 7) is 7.58. The van der Waals surface area contributed by atoms with Crippen molar-refractivity contribution in [2.45, 2.75) is 32.9 Å². The summed E-state index contributed by atoms with van der Waals surface area (Å²) in [6, 6.07) is 11.2. The van der Waals surface area contributed by atoms with Crippen LogP contribution in [0, 0.1) is 0 Å². The van der Waals surface area contributed by atoms with Crippen LogP contribution in [0.2, 0.25) is 0 Å². The lowest BCUT2D eigenvalue weighted by Gasteiger charge is -2.23. The predicted octanol–water partition coefficient (Wildman–Crippen LogP) is 4.54. The van der Waals surface area contributed by atoms with E-state index < -0.39 is 12.0 Å². The fraction of sp³-hybridized carbons (Fsp3) is 0.308. The highest BCUT2D eigenvalue weighted by molar-refractivity contribution is 6.16. The topological polar surface area (TPSA) is 96.6 Å². The summed E-state index contributed by atoms with van der Waals surface area (Å²) in [7, 11) is 0. The van der Waals surface area contributed by atoms with Gasteiger partial charge in [-0.15, -0.1) is 0 Å². The molecule has 2 heterocycles. The van der Waals surface area contributed by atoms with Crippen LogP contribution in [-0.4, -0.2) is 41.8 Å². The van der Waals surface area contributed by atoms with Crippen molar-refractivity contribution in [3.63, 3.8) is 0 Å². The molecular formula is C26H29N3O4. The number of nitrogens with one attached hydrogen (secondary N) is 2. The number of esters is 1. The Balaban J connectivity index is 1.95. The van der Waals surface area contributed by atoms with Gasteiger partial charge in [-0.1, -0.05) is 38.1 Å². The first-order valence-electron chi connectivity index (χ1n) is 11.2. The molecule has 1 unspecified atom stereocenters. The molecular weight excluding hydrogens is 418 g/mol. The summed E-state index contributed by atoms with van der Waals surface area (Å²) in [5.74, 6) is -0.377. The Hall–Kier alpha value is -3.42. The first-order chi connectivity index (χ1) is 16.0. The fourth-order valence-corrected chi connectivity index (χ4v) is 4.13. The molecule has 0 aliphatic heterocycles. The highest BCUT2D eigenvalue weighted by Gasteiger charge is 2.29. The highest BCUT2D eigenvalue weighted by Crippen LogP contribution is 2.44. The van der Waals surface area contributed by atoms with E-state index in [4.69, 9.17) is 9.15 Å². The molecule has 0 fully saturated rings. The molecule has 172 valence electrons. The van der Waals surface area contributed by atoms with Gasteiger partial charge < -0.3 is 24.9 Å². The second kappa shape index (κ2) is 10.0. The Morgan fingerprint density at radius 2 is 1.79 bits per heavy atom. The van der Waals surface area contributed by atoms with E-state index >= 15 is 0 Å². The second-order valence-electron chi connectivity index (χ2n) is 8.16. The summed E-state index contributed by atoms with van der Waals surface area (Å²) >= 11 is 0. The molecule has 0 radical (unpaired) electrons. The molecule has 3 N–H and O–H groups in total. The fourth-order valence-electron chi connectivity index (χ4n) is 4.13. The van der Waals surface area contributed by atoms with Crippen LogP contribution in [0.15, 0.2) is 59.5 Å². The number of benzene rings is 2. The van der Waals surface area contributed by atoms with Crippen molar-refractivity contribution in [3.8, 4) is 5.75 Å². The lowest BCUT2D eigenvalue weighted by Crippen LogP contribution is -2.34. The van der Waals surface area contributed by atoms with E-state index in [-0.39, 0.29) is 12.4 Å². The average molecular weight is 448 g/mol. The number of carbonyl (C=O) groups excluding carboxylic acids is 1. The molecule has 7 nitrogen and oxygen atoms in total. The molecule has 2 aromatic carbocycles. The molecule has 33 heavy (non-hydrogen) atoms. The van der Waals surface area contributed by atoms with Gasteiger partial charge in [-0.25, -0.2) is 4.79 Å². The molecule has 0 saturated carbocycles. The normalized spacial score (nSPS) is 12.5. The van der Waals surface area contributed by atoms with Crippen LogP contribution >= 0.6 is 0 Å². The molecule has 4 aromatic rings. The number of aromatic nitrogens is 1. The first kappa shape index (κ1) is 22.8. The number of hydrogen-bond acceptors (Lipinski definition) is 7. The largest absolute Gasteiger partial charge is 0.507 e. The van der Waals surface area contributed by atoms with Gasteiger partial charge in [0.2, 0.25) is 0 Å². The summed E-state index contributed by atoms with van der Waals surface area (Å²) in [5, 5.41) is 20.4. The molecule has 0 aliphatic carbocycles. The van der Waals surface area contributed by atoms with Crippen LogP contribution in [0.1, 0.15) is 48.3 Å². The van der Waals surface area contributed by atoms with E-state index in [1.165, 1.54) is 6.26 Å². The van der Waals surface area contributed by atoms with Crippen LogP contribution in [0.5, 0.6) is 5.75 Å². The Kier molecular flexibility index (Phi) is 6.91. The number of phenols is 1. The number of hydrogen-bond donors (Lipinski definition) is 3. The lowest BCUT2D eigenvalue weighted by molar-refractivity contribution is 0.0527. The van der Waals surface area contributed by atoms with Crippen LogP contribution in [-0.2, 0) is 4.74 Å².